The maximum Gasteiger partial charge on any atom is 0.228 e. The van der Waals surface area contributed by atoms with E-state index >= 15 is 0 Å². The molecule has 2 N–H and O–H groups in total. The van der Waals surface area contributed by atoms with Crippen molar-refractivity contribution in [3.05, 3.63) is 36.3 Å². The van der Waals surface area contributed by atoms with Crippen LogP contribution in [0.1, 0.15) is 25.0 Å². The van der Waals surface area contributed by atoms with Crippen LogP contribution in [0.4, 0.5) is 0 Å². The highest BCUT2D eigenvalue weighted by Gasteiger charge is 2.25. The first kappa shape index (κ1) is 13.1. The largest absolute Gasteiger partial charge is 0.338 e. The molecule has 0 spiro atoms. The number of fused-ring (bicyclic) bond motifs is 1. The number of carbonyl (C=O) groups is 1. The predicted molar refractivity (Wildman–Crippen MR) is 77.3 cm³/mol. The number of amides is 1. The first-order chi connectivity index (χ1) is 9.78. The number of rotatable bonds is 3. The van der Waals surface area contributed by atoms with E-state index in [2.05, 4.69) is 4.98 Å². The summed E-state index contributed by atoms with van der Waals surface area (Å²) in [6.45, 7) is 1.38. The molecule has 1 aliphatic heterocycles. The first-order valence-corrected chi connectivity index (χ1v) is 7.20. The molecule has 1 amide bonds. The molecule has 1 saturated heterocycles. The molecule has 0 unspecified atom stereocenters. The molecule has 0 radical (unpaired) electrons. The summed E-state index contributed by atoms with van der Waals surface area (Å²) in [4.78, 5) is 18.9. The monoisotopic (exact) mass is 272 g/mol. The molecule has 0 saturated carbocycles. The van der Waals surface area contributed by atoms with E-state index in [9.17, 15) is 4.79 Å². The van der Waals surface area contributed by atoms with E-state index in [0.717, 1.165) is 30.7 Å². The van der Waals surface area contributed by atoms with E-state index in [1.807, 2.05) is 39.9 Å². The van der Waals surface area contributed by atoms with Crippen molar-refractivity contribution in [3.63, 3.8) is 0 Å². The molecule has 1 aliphatic rings. The molecule has 0 bridgehead atoms. The lowest BCUT2D eigenvalue weighted by Gasteiger charge is -2.35. The van der Waals surface area contributed by atoms with E-state index < -0.39 is 0 Å². The Hall–Kier alpha value is -1.88. The summed E-state index contributed by atoms with van der Waals surface area (Å²) in [7, 11) is 0. The smallest absolute Gasteiger partial charge is 0.228 e. The highest BCUT2D eigenvalue weighted by atomic mass is 16.2. The molecule has 1 atom stereocenters. The van der Waals surface area contributed by atoms with Crippen molar-refractivity contribution in [1.82, 2.24) is 14.3 Å². The van der Waals surface area contributed by atoms with Crippen molar-refractivity contribution in [1.29, 1.82) is 0 Å². The lowest BCUT2D eigenvalue weighted by atomic mass is 10.0. The Morgan fingerprint density at radius 2 is 2.30 bits per heavy atom. The lowest BCUT2D eigenvalue weighted by molar-refractivity contribution is -0.133. The Bertz CT molecular complexity index is 574. The predicted octanol–water partition coefficient (Wildman–Crippen LogP) is 1.22. The van der Waals surface area contributed by atoms with Gasteiger partial charge in [0.2, 0.25) is 5.91 Å². The van der Waals surface area contributed by atoms with Gasteiger partial charge in [0.05, 0.1) is 12.1 Å². The average Bonchev–Trinajstić information content (AvgIpc) is 2.89. The van der Waals surface area contributed by atoms with Gasteiger partial charge >= 0.3 is 0 Å². The molecular formula is C15H20N4O. The Labute approximate surface area is 118 Å². The standard InChI is InChI=1S/C15H20N4O/c16-10-13-5-1-4-8-19(13)15(20)9-12-11-18-7-3-2-6-14(18)17-12/h2-3,6-7,11,13H,1,4-5,8-10,16H2/t13-/m1/s1. The van der Waals surface area contributed by atoms with Gasteiger partial charge in [0.15, 0.2) is 0 Å². The third-order valence-corrected chi connectivity index (χ3v) is 3.97. The van der Waals surface area contributed by atoms with E-state index in [0.29, 0.717) is 13.0 Å². The topological polar surface area (TPSA) is 63.6 Å². The second-order valence-electron chi connectivity index (χ2n) is 5.35. The van der Waals surface area contributed by atoms with Crippen LogP contribution in [-0.2, 0) is 11.2 Å². The van der Waals surface area contributed by atoms with Gasteiger partial charge in [0.1, 0.15) is 5.65 Å². The Morgan fingerprint density at radius 1 is 1.40 bits per heavy atom. The maximum atomic E-state index is 12.4. The van der Waals surface area contributed by atoms with Crippen LogP contribution in [0, 0.1) is 0 Å². The number of pyridine rings is 1. The van der Waals surface area contributed by atoms with Crippen molar-refractivity contribution >= 4 is 11.6 Å². The van der Waals surface area contributed by atoms with Crippen LogP contribution in [-0.4, -0.2) is 39.3 Å². The summed E-state index contributed by atoms with van der Waals surface area (Å²) in [6, 6.07) is 6.05. The molecule has 0 aromatic carbocycles. The normalized spacial score (nSPS) is 19.4. The molecule has 5 nitrogen and oxygen atoms in total. The molecule has 0 aliphatic carbocycles. The number of carbonyl (C=O) groups excluding carboxylic acids is 1. The van der Waals surface area contributed by atoms with E-state index in [1.54, 1.807) is 0 Å². The number of hydrogen-bond donors (Lipinski definition) is 1. The van der Waals surface area contributed by atoms with Crippen molar-refractivity contribution < 1.29 is 4.79 Å². The Balaban J connectivity index is 1.74. The van der Waals surface area contributed by atoms with Gasteiger partial charge < -0.3 is 15.0 Å². The summed E-state index contributed by atoms with van der Waals surface area (Å²) >= 11 is 0. The fourth-order valence-electron chi connectivity index (χ4n) is 2.90. The summed E-state index contributed by atoms with van der Waals surface area (Å²) in [5, 5.41) is 0. The van der Waals surface area contributed by atoms with Crippen molar-refractivity contribution in [2.24, 2.45) is 5.73 Å². The van der Waals surface area contributed by atoms with E-state index in [-0.39, 0.29) is 11.9 Å². The molecule has 20 heavy (non-hydrogen) atoms. The van der Waals surface area contributed by atoms with Gasteiger partial charge in [-0.3, -0.25) is 4.79 Å². The number of aromatic nitrogens is 2. The van der Waals surface area contributed by atoms with Crippen LogP contribution < -0.4 is 5.73 Å². The summed E-state index contributed by atoms with van der Waals surface area (Å²) in [6.07, 6.45) is 7.49. The number of likely N-dealkylation sites (tertiary alicyclic amines) is 1. The molecule has 1 fully saturated rings. The second kappa shape index (κ2) is 5.63. The van der Waals surface area contributed by atoms with Gasteiger partial charge in [0.25, 0.3) is 0 Å². The summed E-state index contributed by atoms with van der Waals surface area (Å²) in [5.41, 5.74) is 7.47. The minimum absolute atomic E-state index is 0.142. The van der Waals surface area contributed by atoms with Gasteiger partial charge in [-0.05, 0) is 31.4 Å². The Morgan fingerprint density at radius 3 is 3.10 bits per heavy atom. The van der Waals surface area contributed by atoms with Gasteiger partial charge in [-0.1, -0.05) is 6.07 Å². The fraction of sp³-hybridized carbons (Fsp3) is 0.467. The highest BCUT2D eigenvalue weighted by Crippen LogP contribution is 2.17. The second-order valence-corrected chi connectivity index (χ2v) is 5.35. The molecule has 3 heterocycles. The number of nitrogens with two attached hydrogens (primary N) is 1. The maximum absolute atomic E-state index is 12.4. The quantitative estimate of drug-likeness (QED) is 0.913. The van der Waals surface area contributed by atoms with Crippen molar-refractivity contribution in [2.45, 2.75) is 31.7 Å². The van der Waals surface area contributed by atoms with E-state index in [1.165, 1.54) is 6.42 Å². The molecule has 3 rings (SSSR count). The van der Waals surface area contributed by atoms with Gasteiger partial charge in [0, 0.05) is 31.5 Å². The van der Waals surface area contributed by atoms with Crippen LogP contribution in [0.15, 0.2) is 30.6 Å². The number of imidazole rings is 1. The molecular weight excluding hydrogens is 252 g/mol. The van der Waals surface area contributed by atoms with Crippen molar-refractivity contribution in [3.8, 4) is 0 Å². The zero-order chi connectivity index (χ0) is 13.9. The fourth-order valence-corrected chi connectivity index (χ4v) is 2.90. The van der Waals surface area contributed by atoms with Gasteiger partial charge in [-0.2, -0.15) is 0 Å². The minimum atomic E-state index is 0.142. The lowest BCUT2D eigenvalue weighted by Crippen LogP contribution is -2.48. The third kappa shape index (κ3) is 2.54. The first-order valence-electron chi connectivity index (χ1n) is 7.20. The van der Waals surface area contributed by atoms with Crippen LogP contribution >= 0.6 is 0 Å². The van der Waals surface area contributed by atoms with Crippen LogP contribution in [0.2, 0.25) is 0 Å². The molecule has 106 valence electrons. The highest BCUT2D eigenvalue weighted by molar-refractivity contribution is 5.79. The third-order valence-electron chi connectivity index (χ3n) is 3.97. The van der Waals surface area contributed by atoms with Gasteiger partial charge in [-0.25, -0.2) is 4.98 Å². The SMILES string of the molecule is NC[C@H]1CCCCN1C(=O)Cc1cn2ccccc2n1. The summed E-state index contributed by atoms with van der Waals surface area (Å²) in [5.74, 6) is 0.142. The zero-order valence-corrected chi connectivity index (χ0v) is 11.5. The zero-order valence-electron chi connectivity index (χ0n) is 11.5. The molecule has 5 heteroatoms. The van der Waals surface area contributed by atoms with Crippen molar-refractivity contribution in [2.75, 3.05) is 13.1 Å². The molecule has 2 aromatic heterocycles. The summed E-state index contributed by atoms with van der Waals surface area (Å²) < 4.78 is 1.94. The van der Waals surface area contributed by atoms with Crippen LogP contribution in [0.3, 0.4) is 0 Å². The minimum Gasteiger partial charge on any atom is -0.338 e. The number of nitrogens with zero attached hydrogens (tertiary/aromatic N) is 3. The average molecular weight is 272 g/mol. The van der Waals surface area contributed by atoms with Gasteiger partial charge in [-0.15, -0.1) is 0 Å². The van der Waals surface area contributed by atoms with Crippen LogP contribution in [0.5, 0.6) is 0 Å². The van der Waals surface area contributed by atoms with E-state index in [4.69, 9.17) is 5.73 Å². The number of piperidine rings is 1. The number of hydrogen-bond acceptors (Lipinski definition) is 3. The van der Waals surface area contributed by atoms with Crippen LogP contribution in [0.25, 0.3) is 5.65 Å². The molecule has 2 aromatic rings. The Kier molecular flexibility index (Phi) is 3.69.